The van der Waals surface area contributed by atoms with E-state index in [1.165, 1.54) is 6.07 Å². The van der Waals surface area contributed by atoms with Gasteiger partial charge in [0.05, 0.1) is 11.3 Å². The smallest absolute Gasteiger partial charge is 0.380 e. The lowest BCUT2D eigenvalue weighted by Gasteiger charge is -2.11. The molecule has 0 aliphatic rings. The van der Waals surface area contributed by atoms with E-state index in [0.29, 0.717) is 6.07 Å². The summed E-state index contributed by atoms with van der Waals surface area (Å²) in [6.07, 6.45) is -6.05. The van der Waals surface area contributed by atoms with Gasteiger partial charge >= 0.3 is 6.18 Å². The van der Waals surface area contributed by atoms with Gasteiger partial charge in [-0.1, -0.05) is 12.1 Å². The number of halogens is 5. The second-order valence-electron chi connectivity index (χ2n) is 5.32. The van der Waals surface area contributed by atoms with E-state index in [-0.39, 0.29) is 23.0 Å². The quantitative estimate of drug-likeness (QED) is 0.609. The third-order valence-electron chi connectivity index (χ3n) is 3.47. The number of hydrogen-bond donors (Lipinski definition) is 3. The molecule has 3 aromatic rings. The number of nitrogens with one attached hydrogen (secondary N) is 2. The zero-order chi connectivity index (χ0) is 18.9. The van der Waals surface area contributed by atoms with E-state index in [4.69, 9.17) is 0 Å². The lowest BCUT2D eigenvalue weighted by molar-refractivity contribution is -0.137. The van der Waals surface area contributed by atoms with Gasteiger partial charge in [-0.2, -0.15) is 18.2 Å². The van der Waals surface area contributed by atoms with Gasteiger partial charge in [-0.25, -0.2) is 8.78 Å². The monoisotopic (exact) mass is 370 g/mol. The molecule has 1 atom stereocenters. The number of alkyl halides is 3. The number of aromatic nitrogens is 3. The molecule has 136 valence electrons. The van der Waals surface area contributed by atoms with Crippen LogP contribution in [0.5, 0.6) is 0 Å². The van der Waals surface area contributed by atoms with Gasteiger partial charge < -0.3 is 10.4 Å². The fourth-order valence-corrected chi connectivity index (χ4v) is 2.21. The van der Waals surface area contributed by atoms with E-state index in [0.717, 1.165) is 30.3 Å². The van der Waals surface area contributed by atoms with Crippen LogP contribution in [0.4, 0.5) is 33.6 Å². The molecular formula is C16H11F5N4O. The van der Waals surface area contributed by atoms with Crippen molar-refractivity contribution in [3.05, 3.63) is 71.1 Å². The standard InChI is InChI=1S/C16H11F5N4O/c17-10-4-5-12(11(18)7-10)22-15-23-14(24-25-15)13(26)8-2-1-3-9(6-8)16(19,20)21/h1-7,13,26H,(H2,22,23,24,25). The fraction of sp³-hybridized carbons (Fsp3) is 0.125. The summed E-state index contributed by atoms with van der Waals surface area (Å²) in [5.74, 6) is -1.93. The van der Waals surface area contributed by atoms with Crippen LogP contribution < -0.4 is 5.32 Å². The van der Waals surface area contributed by atoms with E-state index in [9.17, 15) is 27.1 Å². The van der Waals surface area contributed by atoms with Crippen molar-refractivity contribution >= 4 is 11.6 Å². The molecule has 0 radical (unpaired) electrons. The normalized spacial score (nSPS) is 12.8. The second-order valence-corrected chi connectivity index (χ2v) is 5.32. The van der Waals surface area contributed by atoms with Gasteiger partial charge in [0.15, 0.2) is 5.82 Å². The Hall–Kier alpha value is -3.01. The first-order chi connectivity index (χ1) is 12.2. The molecule has 0 bridgehead atoms. The number of H-pyrrole nitrogens is 1. The number of aliphatic hydroxyl groups is 1. The Balaban J connectivity index is 1.81. The molecule has 0 aliphatic carbocycles. The number of anilines is 2. The first-order valence-electron chi connectivity index (χ1n) is 7.23. The van der Waals surface area contributed by atoms with E-state index < -0.39 is 29.5 Å². The summed E-state index contributed by atoms with van der Waals surface area (Å²) in [6.45, 7) is 0. The van der Waals surface area contributed by atoms with Crippen LogP contribution in [0.3, 0.4) is 0 Å². The van der Waals surface area contributed by atoms with Crippen molar-refractivity contribution in [1.82, 2.24) is 15.2 Å². The van der Waals surface area contributed by atoms with Crippen LogP contribution >= 0.6 is 0 Å². The zero-order valence-corrected chi connectivity index (χ0v) is 12.9. The Bertz CT molecular complexity index is 925. The maximum Gasteiger partial charge on any atom is 0.416 e. The highest BCUT2D eigenvalue weighted by atomic mass is 19.4. The molecular weight excluding hydrogens is 359 g/mol. The van der Waals surface area contributed by atoms with E-state index in [1.807, 2.05) is 0 Å². The van der Waals surface area contributed by atoms with E-state index in [2.05, 4.69) is 20.5 Å². The molecule has 26 heavy (non-hydrogen) atoms. The molecule has 3 N–H and O–H groups in total. The topological polar surface area (TPSA) is 73.8 Å². The molecule has 0 saturated carbocycles. The van der Waals surface area contributed by atoms with Crippen LogP contribution in [0.1, 0.15) is 23.1 Å². The fourth-order valence-electron chi connectivity index (χ4n) is 2.21. The highest BCUT2D eigenvalue weighted by molar-refractivity contribution is 5.53. The Morgan fingerprint density at radius 3 is 2.54 bits per heavy atom. The summed E-state index contributed by atoms with van der Waals surface area (Å²) >= 11 is 0. The highest BCUT2D eigenvalue weighted by Crippen LogP contribution is 2.31. The third-order valence-corrected chi connectivity index (χ3v) is 3.47. The molecule has 0 aliphatic heterocycles. The Kier molecular flexibility index (Phi) is 4.60. The average molecular weight is 370 g/mol. The first-order valence-corrected chi connectivity index (χ1v) is 7.23. The molecule has 2 aromatic carbocycles. The van der Waals surface area contributed by atoms with Gasteiger partial charge in [-0.15, -0.1) is 5.10 Å². The molecule has 3 rings (SSSR count). The van der Waals surface area contributed by atoms with Crippen molar-refractivity contribution in [1.29, 1.82) is 0 Å². The van der Waals surface area contributed by atoms with Gasteiger partial charge in [0.25, 0.3) is 0 Å². The molecule has 1 unspecified atom stereocenters. The summed E-state index contributed by atoms with van der Waals surface area (Å²) in [4.78, 5) is 3.87. The van der Waals surface area contributed by atoms with Gasteiger partial charge in [-0.3, -0.25) is 5.10 Å². The first kappa shape index (κ1) is 17.8. The van der Waals surface area contributed by atoms with Crippen LogP contribution in [-0.2, 0) is 6.18 Å². The second kappa shape index (κ2) is 6.71. The largest absolute Gasteiger partial charge is 0.416 e. The minimum absolute atomic E-state index is 0.0458. The van der Waals surface area contributed by atoms with Crippen molar-refractivity contribution < 1.29 is 27.1 Å². The van der Waals surface area contributed by atoms with Crippen molar-refractivity contribution in [3.8, 4) is 0 Å². The maximum atomic E-state index is 13.6. The predicted octanol–water partition coefficient (Wildman–Crippen LogP) is 3.93. The number of aromatic amines is 1. The summed E-state index contributed by atoms with van der Waals surface area (Å²) in [7, 11) is 0. The molecule has 0 fully saturated rings. The van der Waals surface area contributed by atoms with Crippen LogP contribution in [0, 0.1) is 11.6 Å². The molecule has 10 heteroatoms. The van der Waals surface area contributed by atoms with Gasteiger partial charge in [0.2, 0.25) is 5.95 Å². The number of benzene rings is 2. The molecule has 5 nitrogen and oxygen atoms in total. The van der Waals surface area contributed by atoms with E-state index >= 15 is 0 Å². The van der Waals surface area contributed by atoms with Gasteiger partial charge in [0, 0.05) is 6.07 Å². The Morgan fingerprint density at radius 2 is 1.85 bits per heavy atom. The Morgan fingerprint density at radius 1 is 1.08 bits per heavy atom. The minimum Gasteiger partial charge on any atom is -0.380 e. The number of hydrogen-bond acceptors (Lipinski definition) is 4. The van der Waals surface area contributed by atoms with Crippen molar-refractivity contribution in [3.63, 3.8) is 0 Å². The van der Waals surface area contributed by atoms with Crippen LogP contribution in [0.2, 0.25) is 0 Å². The molecule has 0 amide bonds. The highest BCUT2D eigenvalue weighted by Gasteiger charge is 2.31. The number of aliphatic hydroxyl groups excluding tert-OH is 1. The lowest BCUT2D eigenvalue weighted by Crippen LogP contribution is -2.08. The maximum absolute atomic E-state index is 13.6. The van der Waals surface area contributed by atoms with Crippen LogP contribution in [0.15, 0.2) is 42.5 Å². The van der Waals surface area contributed by atoms with Crippen LogP contribution in [0.25, 0.3) is 0 Å². The van der Waals surface area contributed by atoms with Crippen molar-refractivity contribution in [2.45, 2.75) is 12.3 Å². The molecule has 1 aromatic heterocycles. The number of nitrogens with zero attached hydrogens (tertiary/aromatic N) is 2. The average Bonchev–Trinajstić information content (AvgIpc) is 3.05. The van der Waals surface area contributed by atoms with Crippen LogP contribution in [-0.4, -0.2) is 20.3 Å². The lowest BCUT2D eigenvalue weighted by atomic mass is 10.1. The minimum atomic E-state index is -4.55. The summed E-state index contributed by atoms with van der Waals surface area (Å²) in [6, 6.07) is 6.94. The SMILES string of the molecule is OC(c1cccc(C(F)(F)F)c1)c1nc(Nc2ccc(F)cc2F)n[nH]1. The summed E-state index contributed by atoms with van der Waals surface area (Å²) < 4.78 is 64.8. The summed E-state index contributed by atoms with van der Waals surface area (Å²) in [5, 5.41) is 18.7. The molecule has 0 spiro atoms. The van der Waals surface area contributed by atoms with E-state index in [1.54, 1.807) is 0 Å². The van der Waals surface area contributed by atoms with Gasteiger partial charge in [0.1, 0.15) is 17.7 Å². The predicted molar refractivity (Wildman–Crippen MR) is 81.5 cm³/mol. The number of rotatable bonds is 4. The van der Waals surface area contributed by atoms with Crippen molar-refractivity contribution in [2.24, 2.45) is 0 Å². The Labute approximate surface area is 143 Å². The van der Waals surface area contributed by atoms with Crippen molar-refractivity contribution in [2.75, 3.05) is 5.32 Å². The molecule has 1 heterocycles. The van der Waals surface area contributed by atoms with Gasteiger partial charge in [-0.05, 0) is 29.8 Å². The third kappa shape index (κ3) is 3.80. The molecule has 0 saturated heterocycles. The summed E-state index contributed by atoms with van der Waals surface area (Å²) in [5.41, 5.74) is -1.07. The zero-order valence-electron chi connectivity index (χ0n) is 12.9.